The van der Waals surface area contributed by atoms with Gasteiger partial charge in [0.15, 0.2) is 0 Å². The molecule has 2 heteroatoms. The smallest absolute Gasteiger partial charge is 0.215 e. The van der Waals surface area contributed by atoms with Gasteiger partial charge in [0.25, 0.3) is 0 Å². The second-order valence-electron chi connectivity index (χ2n) is 5.95. The van der Waals surface area contributed by atoms with Crippen LogP contribution >= 0.6 is 11.8 Å². The summed E-state index contributed by atoms with van der Waals surface area (Å²) in [5.41, 5.74) is 3.78. The molecule has 0 atom stereocenters. The first-order chi connectivity index (χ1) is 12.1. The van der Waals surface area contributed by atoms with Crippen LogP contribution in [0.25, 0.3) is 0 Å². The summed E-state index contributed by atoms with van der Waals surface area (Å²) < 4.78 is -0.611. The second kappa shape index (κ2) is 7.54. The van der Waals surface area contributed by atoms with Crippen molar-refractivity contribution in [3.8, 4) is 0 Å². The van der Waals surface area contributed by atoms with Crippen LogP contribution in [0.3, 0.4) is 0 Å². The van der Waals surface area contributed by atoms with Gasteiger partial charge in [-0.15, -0.1) is 0 Å². The largest absolute Gasteiger partial charge is 0.282 e. The van der Waals surface area contributed by atoms with Crippen molar-refractivity contribution in [3.05, 3.63) is 120 Å². The molecule has 0 radical (unpaired) electrons. The summed E-state index contributed by atoms with van der Waals surface area (Å²) in [6, 6.07) is 30.6. The van der Waals surface area contributed by atoms with E-state index in [4.69, 9.17) is 0 Å². The zero-order valence-electron chi connectivity index (χ0n) is 14.2. The van der Waals surface area contributed by atoms with Crippen LogP contribution in [0.15, 0.2) is 103 Å². The van der Waals surface area contributed by atoms with Gasteiger partial charge in [-0.05, 0) is 29.2 Å². The molecule has 0 N–H and O–H groups in total. The minimum Gasteiger partial charge on any atom is -0.282 e. The molecular formula is C23H20OS. The van der Waals surface area contributed by atoms with Crippen LogP contribution < -0.4 is 0 Å². The Balaban J connectivity index is 2.31. The first kappa shape index (κ1) is 17.2. The molecule has 0 heterocycles. The highest BCUT2D eigenvalue weighted by molar-refractivity contribution is 8.15. The van der Waals surface area contributed by atoms with Crippen molar-refractivity contribution in [2.45, 2.75) is 11.7 Å². The lowest BCUT2D eigenvalue weighted by Crippen LogP contribution is -2.27. The molecule has 25 heavy (non-hydrogen) atoms. The summed E-state index contributed by atoms with van der Waals surface area (Å²) in [6.07, 6.45) is 0. The van der Waals surface area contributed by atoms with E-state index in [-0.39, 0.29) is 5.12 Å². The van der Waals surface area contributed by atoms with Crippen molar-refractivity contribution in [2.75, 3.05) is 0 Å². The van der Waals surface area contributed by atoms with Gasteiger partial charge in [-0.25, -0.2) is 0 Å². The van der Waals surface area contributed by atoms with Crippen LogP contribution in [-0.2, 0) is 9.54 Å². The number of hydrogen-bond acceptors (Lipinski definition) is 2. The van der Waals surface area contributed by atoms with E-state index in [9.17, 15) is 4.79 Å². The van der Waals surface area contributed by atoms with Gasteiger partial charge in [-0.2, -0.15) is 0 Å². The first-order valence-corrected chi connectivity index (χ1v) is 9.01. The van der Waals surface area contributed by atoms with Crippen LogP contribution in [-0.4, -0.2) is 5.12 Å². The Bertz CT molecular complexity index is 758. The Kier molecular flexibility index (Phi) is 5.20. The minimum absolute atomic E-state index is 0.00319. The van der Waals surface area contributed by atoms with Crippen molar-refractivity contribution in [2.24, 2.45) is 0 Å². The standard InChI is InChI=1S/C23H20OS/c1-18(2)22(24)25-23(19-12-6-3-7-13-19,20-14-8-4-9-15-20)21-16-10-5-11-17-21/h3-17H,1H2,2H3. The van der Waals surface area contributed by atoms with Crippen LogP contribution in [0.2, 0.25) is 0 Å². The highest BCUT2D eigenvalue weighted by atomic mass is 32.2. The minimum atomic E-state index is -0.611. The summed E-state index contributed by atoms with van der Waals surface area (Å²) in [5, 5.41) is -0.00319. The maximum atomic E-state index is 12.7. The molecule has 0 amide bonds. The van der Waals surface area contributed by atoms with Crippen molar-refractivity contribution in [1.29, 1.82) is 0 Å². The van der Waals surface area contributed by atoms with Gasteiger partial charge in [-0.3, -0.25) is 4.79 Å². The molecule has 0 unspecified atom stereocenters. The van der Waals surface area contributed by atoms with E-state index in [1.165, 1.54) is 11.8 Å². The van der Waals surface area contributed by atoms with Crippen LogP contribution in [0.1, 0.15) is 23.6 Å². The average Bonchev–Trinajstić information content (AvgIpc) is 2.68. The van der Waals surface area contributed by atoms with Gasteiger partial charge in [0.2, 0.25) is 5.12 Å². The lowest BCUT2D eigenvalue weighted by atomic mass is 9.84. The van der Waals surface area contributed by atoms with Crippen LogP contribution in [0.5, 0.6) is 0 Å². The maximum absolute atomic E-state index is 12.7. The van der Waals surface area contributed by atoms with E-state index in [0.717, 1.165) is 16.7 Å². The highest BCUT2D eigenvalue weighted by Gasteiger charge is 2.39. The average molecular weight is 344 g/mol. The van der Waals surface area contributed by atoms with Crippen LogP contribution in [0.4, 0.5) is 0 Å². The van der Waals surface area contributed by atoms with E-state index in [2.05, 4.69) is 43.0 Å². The molecule has 0 aromatic heterocycles. The topological polar surface area (TPSA) is 17.1 Å². The van der Waals surface area contributed by atoms with Gasteiger partial charge in [0.05, 0.1) is 4.75 Å². The van der Waals surface area contributed by atoms with E-state index in [0.29, 0.717) is 5.57 Å². The third-order valence-corrected chi connectivity index (χ3v) is 5.68. The maximum Gasteiger partial charge on any atom is 0.215 e. The molecule has 3 rings (SSSR count). The molecule has 3 aromatic rings. The lowest BCUT2D eigenvalue weighted by molar-refractivity contribution is -0.107. The Hall–Kier alpha value is -2.58. The van der Waals surface area contributed by atoms with E-state index < -0.39 is 4.75 Å². The molecule has 124 valence electrons. The van der Waals surface area contributed by atoms with Crippen molar-refractivity contribution in [3.63, 3.8) is 0 Å². The third-order valence-electron chi connectivity index (χ3n) is 4.14. The third kappa shape index (κ3) is 3.45. The van der Waals surface area contributed by atoms with Gasteiger partial charge in [0, 0.05) is 0 Å². The van der Waals surface area contributed by atoms with E-state index in [1.807, 2.05) is 54.6 Å². The van der Waals surface area contributed by atoms with Gasteiger partial charge >= 0.3 is 0 Å². The molecule has 0 aliphatic heterocycles. The summed E-state index contributed by atoms with van der Waals surface area (Å²) >= 11 is 1.32. The summed E-state index contributed by atoms with van der Waals surface area (Å²) in [6.45, 7) is 5.61. The number of rotatable bonds is 5. The molecule has 0 aliphatic rings. The molecule has 0 saturated carbocycles. The molecule has 0 saturated heterocycles. The molecule has 0 bridgehead atoms. The van der Waals surface area contributed by atoms with Crippen LogP contribution in [0, 0.1) is 0 Å². The zero-order chi connectivity index (χ0) is 17.7. The Morgan fingerprint density at radius 1 is 0.720 bits per heavy atom. The summed E-state index contributed by atoms with van der Waals surface area (Å²) in [5.74, 6) is 0. The molecule has 0 aliphatic carbocycles. The molecule has 1 nitrogen and oxygen atoms in total. The van der Waals surface area contributed by atoms with Crippen molar-refractivity contribution in [1.82, 2.24) is 0 Å². The number of hydrogen-bond donors (Lipinski definition) is 0. The highest BCUT2D eigenvalue weighted by Crippen LogP contribution is 2.49. The molecular weight excluding hydrogens is 324 g/mol. The fourth-order valence-electron chi connectivity index (χ4n) is 2.92. The first-order valence-electron chi connectivity index (χ1n) is 8.20. The van der Waals surface area contributed by atoms with Gasteiger partial charge in [-0.1, -0.05) is 109 Å². The summed E-state index contributed by atoms with van der Waals surface area (Å²) in [7, 11) is 0. The van der Waals surface area contributed by atoms with Crippen molar-refractivity contribution < 1.29 is 4.79 Å². The number of carbonyl (C=O) groups excluding carboxylic acids is 1. The second-order valence-corrected chi connectivity index (χ2v) is 7.14. The molecule has 3 aromatic carbocycles. The lowest BCUT2D eigenvalue weighted by Gasteiger charge is -2.34. The van der Waals surface area contributed by atoms with Gasteiger partial charge in [0.1, 0.15) is 0 Å². The monoisotopic (exact) mass is 344 g/mol. The fourth-order valence-corrected chi connectivity index (χ4v) is 4.14. The SMILES string of the molecule is C=C(C)C(=O)SC(c1ccccc1)(c1ccccc1)c1ccccc1. The number of thioether (sulfide) groups is 1. The number of benzene rings is 3. The Labute approximate surface area is 153 Å². The number of carbonyl (C=O) groups is 1. The molecule has 0 spiro atoms. The van der Waals surface area contributed by atoms with E-state index >= 15 is 0 Å². The van der Waals surface area contributed by atoms with E-state index in [1.54, 1.807) is 6.92 Å². The summed E-state index contributed by atoms with van der Waals surface area (Å²) in [4.78, 5) is 12.7. The zero-order valence-corrected chi connectivity index (χ0v) is 15.0. The fraction of sp³-hybridized carbons (Fsp3) is 0.0870. The van der Waals surface area contributed by atoms with Gasteiger partial charge < -0.3 is 0 Å². The predicted octanol–water partition coefficient (Wildman–Crippen LogP) is 5.81. The Morgan fingerprint density at radius 3 is 1.32 bits per heavy atom. The van der Waals surface area contributed by atoms with Crippen molar-refractivity contribution >= 4 is 16.9 Å². The normalized spacial score (nSPS) is 11.1. The Morgan fingerprint density at radius 2 is 1.04 bits per heavy atom. The molecule has 0 fully saturated rings. The quantitative estimate of drug-likeness (QED) is 0.429. The predicted molar refractivity (Wildman–Crippen MR) is 107 cm³/mol.